The number of likely N-dealkylation sites (N-methyl/N-ethyl adjacent to an activating group) is 1. The zero-order chi connectivity index (χ0) is 31.4. The van der Waals surface area contributed by atoms with Gasteiger partial charge in [0.2, 0.25) is 0 Å². The number of rotatable bonds is 11. The van der Waals surface area contributed by atoms with Gasteiger partial charge in [-0.05, 0) is 43.7 Å². The molecule has 1 atom stereocenters. The number of halogens is 4. The van der Waals surface area contributed by atoms with E-state index in [0.717, 1.165) is 41.9 Å². The number of benzene rings is 3. The lowest BCUT2D eigenvalue weighted by molar-refractivity contribution is -0.906. The van der Waals surface area contributed by atoms with Crippen molar-refractivity contribution in [2.45, 2.75) is 26.4 Å². The van der Waals surface area contributed by atoms with Gasteiger partial charge in [-0.3, -0.25) is 4.98 Å². The van der Waals surface area contributed by atoms with Gasteiger partial charge in [0.1, 0.15) is 11.8 Å². The van der Waals surface area contributed by atoms with Crippen molar-refractivity contribution in [2.75, 3.05) is 37.3 Å². The molecule has 0 saturated carbocycles. The number of nitrogens with zero attached hydrogens (tertiary/aromatic N) is 6. The van der Waals surface area contributed by atoms with Gasteiger partial charge in [0, 0.05) is 16.6 Å². The maximum absolute atomic E-state index is 15.0. The fourth-order valence-corrected chi connectivity index (χ4v) is 5.45. The van der Waals surface area contributed by atoms with Crippen LogP contribution in [-0.4, -0.2) is 51.1 Å². The Balaban J connectivity index is 1.56. The molecule has 0 amide bonds. The molecule has 0 fully saturated rings. The van der Waals surface area contributed by atoms with E-state index in [1.807, 2.05) is 41.2 Å². The minimum absolute atomic E-state index is 0.0533. The zero-order valence-corrected chi connectivity index (χ0v) is 26.7. The molecular formula is C32H31Cl3FN8+. The van der Waals surface area contributed by atoms with Crippen molar-refractivity contribution in [3.63, 3.8) is 0 Å². The predicted molar refractivity (Wildman–Crippen MR) is 175 cm³/mol. The molecule has 0 aliphatic carbocycles. The highest BCUT2D eigenvalue weighted by atomic mass is 35.5. The van der Waals surface area contributed by atoms with Gasteiger partial charge < -0.3 is 15.1 Å². The minimum Gasteiger partial charge on any atom is -0.371 e. The summed E-state index contributed by atoms with van der Waals surface area (Å²) in [6.07, 6.45) is 3.39. The van der Waals surface area contributed by atoms with E-state index in [1.54, 1.807) is 12.1 Å². The summed E-state index contributed by atoms with van der Waals surface area (Å²) in [4.78, 5) is 4.60. The minimum atomic E-state index is -0.738. The molecule has 226 valence electrons. The Morgan fingerprint density at radius 1 is 1.05 bits per heavy atom. The molecule has 2 N–H and O–H groups in total. The molecule has 0 aliphatic rings. The standard InChI is InChI=1S/C32H31Cl3FN8/c1-4-44(3,5-2)14-13-43-19-27(41-42-43)31(20-9-7-6-8-10-20)40-26-16-22(33)15-23-30(21(17-37)18-38-32(23)26)39-25-12-11-24(34)28(35)29(25)36/h6-12,15-16,18-19,31,40H,4-5,13-14H2,1-3H3,(H,38,39)/q+1/t31-/m0/s1. The molecule has 8 nitrogen and oxygen atoms in total. The van der Waals surface area contributed by atoms with Crippen LogP contribution in [0.15, 0.2) is 67.0 Å². The molecule has 0 aliphatic heterocycles. The molecule has 3 aromatic carbocycles. The summed E-state index contributed by atoms with van der Waals surface area (Å²) < 4.78 is 17.8. The van der Waals surface area contributed by atoms with E-state index in [0.29, 0.717) is 27.3 Å². The largest absolute Gasteiger partial charge is 0.371 e. The second kappa shape index (κ2) is 13.4. The second-order valence-corrected chi connectivity index (χ2v) is 11.9. The third-order valence-corrected chi connectivity index (χ3v) is 9.03. The van der Waals surface area contributed by atoms with Gasteiger partial charge >= 0.3 is 0 Å². The third-order valence-electron chi connectivity index (χ3n) is 8.03. The highest BCUT2D eigenvalue weighted by molar-refractivity contribution is 6.42. The Morgan fingerprint density at radius 3 is 2.50 bits per heavy atom. The van der Waals surface area contributed by atoms with Gasteiger partial charge in [-0.1, -0.05) is 70.3 Å². The Hall–Kier alpha value is -3.94. The quantitative estimate of drug-likeness (QED) is 0.110. The molecule has 44 heavy (non-hydrogen) atoms. The average molecular weight is 653 g/mol. The first kappa shape index (κ1) is 31.5. The molecule has 0 spiro atoms. The fraction of sp³-hybridized carbons (Fsp3) is 0.250. The lowest BCUT2D eigenvalue weighted by Crippen LogP contribution is -2.45. The van der Waals surface area contributed by atoms with Crippen LogP contribution in [0, 0.1) is 17.1 Å². The van der Waals surface area contributed by atoms with Crippen molar-refractivity contribution in [1.29, 1.82) is 5.26 Å². The van der Waals surface area contributed by atoms with Gasteiger partial charge in [-0.25, -0.2) is 9.07 Å². The summed E-state index contributed by atoms with van der Waals surface area (Å²) >= 11 is 18.7. The van der Waals surface area contributed by atoms with Crippen LogP contribution in [0.5, 0.6) is 0 Å². The monoisotopic (exact) mass is 651 g/mol. The SMILES string of the molecule is CC[N+](C)(CC)CCn1cc([C@@H](Nc2cc(Cl)cc3c(Nc4ccc(Cl)c(Cl)c4F)c(C#N)cnc23)c2ccccc2)nn1. The number of quaternary nitrogens is 1. The molecule has 0 bridgehead atoms. The van der Waals surface area contributed by atoms with E-state index in [1.165, 1.54) is 18.3 Å². The Bertz CT molecular complexity index is 1830. The summed E-state index contributed by atoms with van der Waals surface area (Å²) in [5.41, 5.74) is 3.37. The normalized spacial score (nSPS) is 12.2. The van der Waals surface area contributed by atoms with Gasteiger partial charge in [0.25, 0.3) is 0 Å². The number of anilines is 3. The Kier molecular flexibility index (Phi) is 9.56. The number of pyridine rings is 1. The van der Waals surface area contributed by atoms with Crippen molar-refractivity contribution in [1.82, 2.24) is 20.0 Å². The molecular weight excluding hydrogens is 622 g/mol. The molecule has 12 heteroatoms. The van der Waals surface area contributed by atoms with Gasteiger partial charge in [-0.15, -0.1) is 5.10 Å². The van der Waals surface area contributed by atoms with Gasteiger partial charge in [0.05, 0.1) is 83.7 Å². The van der Waals surface area contributed by atoms with Crippen LogP contribution in [0.4, 0.5) is 21.5 Å². The number of fused-ring (bicyclic) bond motifs is 1. The number of aromatic nitrogens is 4. The number of hydrogen-bond acceptors (Lipinski definition) is 6. The second-order valence-electron chi connectivity index (χ2n) is 10.7. The summed E-state index contributed by atoms with van der Waals surface area (Å²) in [5.74, 6) is -0.738. The first-order valence-corrected chi connectivity index (χ1v) is 15.3. The first-order valence-electron chi connectivity index (χ1n) is 14.1. The molecule has 5 aromatic rings. The van der Waals surface area contributed by atoms with Crippen LogP contribution in [0.25, 0.3) is 10.9 Å². The van der Waals surface area contributed by atoms with Crippen LogP contribution in [0.1, 0.15) is 36.7 Å². The zero-order valence-electron chi connectivity index (χ0n) is 24.5. The van der Waals surface area contributed by atoms with Gasteiger partial charge in [-0.2, -0.15) is 5.26 Å². The van der Waals surface area contributed by atoms with Crippen molar-refractivity contribution >= 4 is 62.8 Å². The Labute approximate surface area is 270 Å². The fourth-order valence-electron chi connectivity index (χ4n) is 4.92. The average Bonchev–Trinajstić information content (AvgIpc) is 3.52. The van der Waals surface area contributed by atoms with Crippen LogP contribution < -0.4 is 10.6 Å². The van der Waals surface area contributed by atoms with E-state index in [9.17, 15) is 5.26 Å². The third kappa shape index (κ3) is 6.59. The highest BCUT2D eigenvalue weighted by Gasteiger charge is 2.23. The topological polar surface area (TPSA) is 91.5 Å². The lowest BCUT2D eigenvalue weighted by Gasteiger charge is -2.31. The van der Waals surface area contributed by atoms with Crippen molar-refractivity contribution < 1.29 is 8.87 Å². The van der Waals surface area contributed by atoms with Crippen LogP contribution >= 0.6 is 34.8 Å². The Morgan fingerprint density at radius 2 is 1.80 bits per heavy atom. The van der Waals surface area contributed by atoms with Crippen molar-refractivity contribution in [3.8, 4) is 6.07 Å². The van der Waals surface area contributed by atoms with E-state index in [-0.39, 0.29) is 21.3 Å². The van der Waals surface area contributed by atoms with Crippen molar-refractivity contribution in [3.05, 3.63) is 105 Å². The first-order chi connectivity index (χ1) is 21.2. The molecule has 5 rings (SSSR count). The predicted octanol–water partition coefficient (Wildman–Crippen LogP) is 8.23. The maximum atomic E-state index is 15.0. The van der Waals surface area contributed by atoms with Crippen LogP contribution in [-0.2, 0) is 6.54 Å². The summed E-state index contributed by atoms with van der Waals surface area (Å²) in [5, 5.41) is 26.2. The summed E-state index contributed by atoms with van der Waals surface area (Å²) in [7, 11) is 2.24. The van der Waals surface area contributed by atoms with Crippen LogP contribution in [0.2, 0.25) is 15.1 Å². The summed E-state index contributed by atoms with van der Waals surface area (Å²) in [6, 6.07) is 18.0. The number of nitrogens with one attached hydrogen (secondary N) is 2. The summed E-state index contributed by atoms with van der Waals surface area (Å²) in [6.45, 7) is 8.10. The molecule has 2 heterocycles. The van der Waals surface area contributed by atoms with Crippen molar-refractivity contribution in [2.24, 2.45) is 0 Å². The number of nitriles is 1. The molecule has 2 aromatic heterocycles. The van der Waals surface area contributed by atoms with E-state index in [2.05, 4.69) is 52.9 Å². The molecule has 0 radical (unpaired) electrons. The van der Waals surface area contributed by atoms with E-state index < -0.39 is 11.9 Å². The molecule has 0 saturated heterocycles. The van der Waals surface area contributed by atoms with Crippen LogP contribution in [0.3, 0.4) is 0 Å². The van der Waals surface area contributed by atoms with E-state index in [4.69, 9.17) is 34.8 Å². The maximum Gasteiger partial charge on any atom is 0.166 e. The molecule has 0 unspecified atom stereocenters. The van der Waals surface area contributed by atoms with E-state index >= 15 is 4.39 Å². The van der Waals surface area contributed by atoms with Gasteiger partial charge in [0.15, 0.2) is 5.82 Å². The highest BCUT2D eigenvalue weighted by Crippen LogP contribution is 2.39. The lowest BCUT2D eigenvalue weighted by atomic mass is 10.0. The number of hydrogen-bond donors (Lipinski definition) is 2. The smallest absolute Gasteiger partial charge is 0.166 e.